The SMILES string of the molecule is CCOC(=O)C1CN([C@@H]2CCc3cc(-c4cccc(-c5cccc(-c6ccc7c(c6)CC[C@@H]7N6CC(C(=O)O)C6)c5Cl)c4Cl)ccc32)C1. The van der Waals surface area contributed by atoms with Crippen LogP contribution in [0, 0.1) is 11.8 Å². The Bertz CT molecular complexity index is 1930. The van der Waals surface area contributed by atoms with E-state index in [0.717, 1.165) is 72.2 Å². The third-order valence-electron chi connectivity index (χ3n) is 11.0. The zero-order valence-electron chi connectivity index (χ0n) is 26.9. The molecule has 48 heavy (non-hydrogen) atoms. The molecule has 0 saturated carbocycles. The van der Waals surface area contributed by atoms with Crippen molar-refractivity contribution in [2.24, 2.45) is 11.8 Å². The fraction of sp³-hybridized carbons (Fsp3) is 0.350. The van der Waals surface area contributed by atoms with Gasteiger partial charge in [-0.05, 0) is 66.0 Å². The van der Waals surface area contributed by atoms with Crippen LogP contribution in [0.2, 0.25) is 10.0 Å². The predicted octanol–water partition coefficient (Wildman–Crippen LogP) is 8.48. The van der Waals surface area contributed by atoms with E-state index in [0.29, 0.717) is 35.8 Å². The summed E-state index contributed by atoms with van der Waals surface area (Å²) in [6.45, 7) is 5.06. The molecule has 2 fully saturated rings. The maximum absolute atomic E-state index is 12.1. The second-order valence-electron chi connectivity index (χ2n) is 13.7. The van der Waals surface area contributed by atoms with E-state index in [1.807, 2.05) is 31.2 Å². The number of halogens is 2. The highest BCUT2D eigenvalue weighted by atomic mass is 35.5. The first-order valence-corrected chi connectivity index (χ1v) is 17.8. The summed E-state index contributed by atoms with van der Waals surface area (Å²) in [4.78, 5) is 28.1. The Morgan fingerprint density at radius 2 is 1.17 bits per heavy atom. The molecule has 4 aliphatic rings. The maximum Gasteiger partial charge on any atom is 0.311 e. The molecule has 8 heteroatoms. The number of aryl methyl sites for hydroxylation is 2. The first-order chi connectivity index (χ1) is 23.3. The number of benzene rings is 4. The quantitative estimate of drug-likeness (QED) is 0.188. The molecule has 0 amide bonds. The lowest BCUT2D eigenvalue weighted by Gasteiger charge is -2.42. The van der Waals surface area contributed by atoms with Gasteiger partial charge in [0.1, 0.15) is 0 Å². The van der Waals surface area contributed by atoms with Gasteiger partial charge in [-0.25, -0.2) is 0 Å². The van der Waals surface area contributed by atoms with E-state index < -0.39 is 5.97 Å². The number of hydrogen-bond acceptors (Lipinski definition) is 5. The van der Waals surface area contributed by atoms with Crippen LogP contribution in [0.15, 0.2) is 72.8 Å². The Hall–Kier alpha value is -3.68. The number of carboxylic acid groups (broad SMARTS) is 1. The van der Waals surface area contributed by atoms with Crippen LogP contribution in [-0.2, 0) is 27.2 Å². The van der Waals surface area contributed by atoms with Crippen molar-refractivity contribution in [2.45, 2.75) is 44.7 Å². The van der Waals surface area contributed by atoms with Gasteiger partial charge in [-0.1, -0.05) is 96.0 Å². The van der Waals surface area contributed by atoms with Gasteiger partial charge in [0.2, 0.25) is 0 Å². The minimum absolute atomic E-state index is 0.0133. The van der Waals surface area contributed by atoms with Crippen molar-refractivity contribution in [3.63, 3.8) is 0 Å². The molecule has 6 nitrogen and oxygen atoms in total. The molecular formula is C40H38Cl2N2O4. The molecular weight excluding hydrogens is 643 g/mol. The summed E-state index contributed by atoms with van der Waals surface area (Å²) in [5.41, 5.74) is 11.2. The molecule has 1 N–H and O–H groups in total. The average molecular weight is 682 g/mol. The molecule has 0 radical (unpaired) electrons. The topological polar surface area (TPSA) is 70.1 Å². The Labute approximate surface area is 291 Å². The fourth-order valence-electron chi connectivity index (χ4n) is 8.31. The van der Waals surface area contributed by atoms with Crippen molar-refractivity contribution in [2.75, 3.05) is 32.8 Å². The summed E-state index contributed by atoms with van der Waals surface area (Å²) < 4.78 is 5.22. The standard InChI is InChI=1S/C40H38Cl2N2O4/c1-2-48-40(47)28-21-44(22-28)36-16-12-24-18-26(10-14-30(24)36)32-6-4-8-34(38(32)42)33-7-3-5-31(37(33)41)25-9-13-29-23(17-25)11-15-35(29)43-19-27(20-43)39(45)46/h3-10,13-14,17-18,27-28,35-36H,2,11-12,15-16,19-22H2,1H3,(H,45,46)/t35-,36+/m0/s1. The van der Waals surface area contributed by atoms with E-state index in [4.69, 9.17) is 27.9 Å². The Kier molecular flexibility index (Phi) is 8.32. The molecule has 2 aliphatic carbocycles. The van der Waals surface area contributed by atoms with Crippen LogP contribution >= 0.6 is 23.2 Å². The van der Waals surface area contributed by atoms with Crippen LogP contribution in [0.3, 0.4) is 0 Å². The van der Waals surface area contributed by atoms with E-state index >= 15 is 0 Å². The number of carbonyl (C=O) groups excluding carboxylic acids is 1. The third kappa shape index (κ3) is 5.43. The van der Waals surface area contributed by atoms with Gasteiger partial charge in [-0.3, -0.25) is 19.4 Å². The number of carboxylic acids is 1. The van der Waals surface area contributed by atoms with Crippen LogP contribution in [0.25, 0.3) is 33.4 Å². The highest BCUT2D eigenvalue weighted by Crippen LogP contribution is 2.46. The van der Waals surface area contributed by atoms with Gasteiger partial charge >= 0.3 is 11.9 Å². The lowest BCUT2D eigenvalue weighted by atomic mass is 9.92. The molecule has 4 aromatic carbocycles. The van der Waals surface area contributed by atoms with Gasteiger partial charge in [0, 0.05) is 60.5 Å². The number of hydrogen-bond donors (Lipinski definition) is 1. The highest BCUT2D eigenvalue weighted by molar-refractivity contribution is 6.39. The van der Waals surface area contributed by atoms with Crippen molar-refractivity contribution in [3.05, 3.63) is 105 Å². The summed E-state index contributed by atoms with van der Waals surface area (Å²) in [6.07, 6.45) is 4.04. The molecule has 0 spiro atoms. The Balaban J connectivity index is 1.03. The Morgan fingerprint density at radius 3 is 1.62 bits per heavy atom. The number of rotatable bonds is 8. The van der Waals surface area contributed by atoms with Gasteiger partial charge in [-0.2, -0.15) is 0 Å². The van der Waals surface area contributed by atoms with Gasteiger partial charge in [0.25, 0.3) is 0 Å². The van der Waals surface area contributed by atoms with Gasteiger partial charge in [0.15, 0.2) is 0 Å². The average Bonchev–Trinajstić information content (AvgIpc) is 3.64. The molecule has 4 aromatic rings. The van der Waals surface area contributed by atoms with Crippen LogP contribution in [-0.4, -0.2) is 59.6 Å². The Morgan fingerprint density at radius 1 is 0.708 bits per heavy atom. The molecule has 246 valence electrons. The normalized spacial score (nSPS) is 21.0. The largest absolute Gasteiger partial charge is 0.481 e. The smallest absolute Gasteiger partial charge is 0.311 e. The van der Waals surface area contributed by atoms with Crippen molar-refractivity contribution in [1.29, 1.82) is 0 Å². The number of fused-ring (bicyclic) bond motifs is 2. The van der Waals surface area contributed by atoms with E-state index in [2.05, 4.69) is 58.3 Å². The summed E-state index contributed by atoms with van der Waals surface area (Å²) in [7, 11) is 0. The minimum atomic E-state index is -0.698. The highest BCUT2D eigenvalue weighted by Gasteiger charge is 2.41. The number of esters is 1. The predicted molar refractivity (Wildman–Crippen MR) is 189 cm³/mol. The first kappa shape index (κ1) is 31.6. The summed E-state index contributed by atoms with van der Waals surface area (Å²) in [5, 5.41) is 10.7. The molecule has 8 rings (SSSR count). The molecule has 2 aliphatic heterocycles. The van der Waals surface area contributed by atoms with E-state index in [-0.39, 0.29) is 23.8 Å². The lowest BCUT2D eigenvalue weighted by Crippen LogP contribution is -2.51. The summed E-state index contributed by atoms with van der Waals surface area (Å²) >= 11 is 14.4. The molecule has 0 aromatic heterocycles. The van der Waals surface area contributed by atoms with Crippen molar-refractivity contribution >= 4 is 35.1 Å². The van der Waals surface area contributed by atoms with Gasteiger partial charge in [0.05, 0.1) is 28.5 Å². The first-order valence-electron chi connectivity index (χ1n) is 17.0. The zero-order valence-corrected chi connectivity index (χ0v) is 28.4. The maximum atomic E-state index is 12.1. The third-order valence-corrected chi connectivity index (χ3v) is 11.8. The number of carbonyl (C=O) groups is 2. The van der Waals surface area contributed by atoms with Crippen molar-refractivity contribution in [3.8, 4) is 33.4 Å². The van der Waals surface area contributed by atoms with Crippen LogP contribution < -0.4 is 0 Å². The lowest BCUT2D eigenvalue weighted by molar-refractivity contribution is -0.155. The second kappa shape index (κ2) is 12.6. The molecule has 0 bridgehead atoms. The number of likely N-dealkylation sites (tertiary alicyclic amines) is 2. The molecule has 2 atom stereocenters. The second-order valence-corrected chi connectivity index (χ2v) is 14.4. The van der Waals surface area contributed by atoms with Crippen molar-refractivity contribution < 1.29 is 19.4 Å². The summed E-state index contributed by atoms with van der Waals surface area (Å²) in [5.74, 6) is -1.04. The zero-order chi connectivity index (χ0) is 33.1. The van der Waals surface area contributed by atoms with Crippen LogP contribution in [0.4, 0.5) is 0 Å². The van der Waals surface area contributed by atoms with Gasteiger partial charge in [-0.15, -0.1) is 0 Å². The van der Waals surface area contributed by atoms with Gasteiger partial charge < -0.3 is 9.84 Å². The van der Waals surface area contributed by atoms with E-state index in [9.17, 15) is 14.7 Å². The molecule has 0 unspecified atom stereocenters. The number of aliphatic carboxylic acids is 1. The number of nitrogens with zero attached hydrogens (tertiary/aromatic N) is 2. The van der Waals surface area contributed by atoms with E-state index in [1.54, 1.807) is 0 Å². The fourth-order valence-corrected chi connectivity index (χ4v) is 8.98. The molecule has 2 saturated heterocycles. The van der Waals surface area contributed by atoms with Crippen LogP contribution in [0.5, 0.6) is 0 Å². The number of ether oxygens (including phenoxy) is 1. The minimum Gasteiger partial charge on any atom is -0.481 e. The van der Waals surface area contributed by atoms with E-state index in [1.165, 1.54) is 22.3 Å². The monoisotopic (exact) mass is 680 g/mol. The van der Waals surface area contributed by atoms with Crippen molar-refractivity contribution in [1.82, 2.24) is 9.80 Å². The molecule has 2 heterocycles. The van der Waals surface area contributed by atoms with Crippen LogP contribution in [0.1, 0.15) is 54.1 Å². The summed E-state index contributed by atoms with van der Waals surface area (Å²) in [6, 6.07) is 26.2.